The Morgan fingerprint density at radius 2 is 1.87 bits per heavy atom. The van der Waals surface area contributed by atoms with Crippen molar-refractivity contribution in [1.82, 2.24) is 24.4 Å². The van der Waals surface area contributed by atoms with Gasteiger partial charge in [-0.25, -0.2) is 9.78 Å². The van der Waals surface area contributed by atoms with Crippen LogP contribution in [0.3, 0.4) is 0 Å². The summed E-state index contributed by atoms with van der Waals surface area (Å²) in [5.41, 5.74) is 3.53. The van der Waals surface area contributed by atoms with Crippen molar-refractivity contribution in [2.75, 3.05) is 25.1 Å². The summed E-state index contributed by atoms with van der Waals surface area (Å²) in [5.74, 6) is 1.67. The first-order chi connectivity index (χ1) is 18.9. The molecule has 4 aromatic rings. The third kappa shape index (κ3) is 4.87. The van der Waals surface area contributed by atoms with Gasteiger partial charge in [0.1, 0.15) is 6.61 Å². The molecule has 6 rings (SSSR count). The van der Waals surface area contributed by atoms with Gasteiger partial charge in [-0.3, -0.25) is 18.9 Å². The Kier molecular flexibility index (Phi) is 6.76. The molecule has 39 heavy (non-hydrogen) atoms. The number of ether oxygens (including phenoxy) is 1. The summed E-state index contributed by atoms with van der Waals surface area (Å²) >= 11 is 6.05. The number of nitrogens with zero attached hydrogens (tertiary/aromatic N) is 5. The average molecular weight is 547 g/mol. The largest absolute Gasteiger partial charge is 0.488 e. The van der Waals surface area contributed by atoms with Gasteiger partial charge in [0.25, 0.3) is 5.91 Å². The molecule has 3 aromatic heterocycles. The normalized spacial score (nSPS) is 19.0. The van der Waals surface area contributed by atoms with Crippen LogP contribution in [-0.4, -0.2) is 51.3 Å². The zero-order chi connectivity index (χ0) is 27.1. The van der Waals surface area contributed by atoms with E-state index in [0.717, 1.165) is 49.1 Å². The molecule has 0 atom stereocenters. The Bertz CT molecular complexity index is 1600. The highest BCUT2D eigenvalue weighted by atomic mass is 35.5. The van der Waals surface area contributed by atoms with Crippen LogP contribution in [0.1, 0.15) is 41.7 Å². The number of likely N-dealkylation sites (N-methyl/N-ethyl adjacent to an activating group) is 1. The number of anilines is 1. The second-order valence-electron chi connectivity index (χ2n) is 10.5. The Morgan fingerprint density at radius 3 is 2.67 bits per heavy atom. The molecule has 0 unspecified atom stereocenters. The maximum atomic E-state index is 13.8. The standard InChI is InChI=1S/C29H31ClN6O3/c1-18-23(13-20(30)15-31-18)28(37)33-21-9-7-19(8-10-21)17-35-24-5-3-4-6-25(24)36(29(35)38)22-14-26-27(32-16-22)34(2)11-12-39-26/h3-6,13-16,19,21H,7-12,17H2,1-2H3,(H,33,37). The molecule has 0 bridgehead atoms. The molecule has 1 fully saturated rings. The van der Waals surface area contributed by atoms with Gasteiger partial charge >= 0.3 is 5.69 Å². The van der Waals surface area contributed by atoms with Gasteiger partial charge in [0.2, 0.25) is 0 Å². The number of para-hydroxylation sites is 2. The summed E-state index contributed by atoms with van der Waals surface area (Å²) in [4.78, 5) is 37.5. The van der Waals surface area contributed by atoms with Gasteiger partial charge < -0.3 is 15.0 Å². The minimum atomic E-state index is -0.140. The number of benzene rings is 1. The van der Waals surface area contributed by atoms with E-state index in [0.29, 0.717) is 46.8 Å². The SMILES string of the molecule is Cc1ncc(Cl)cc1C(=O)NC1CCC(Cn2c(=O)n(-c3cnc4c(c3)OCCN4C)c3ccccc32)CC1. The van der Waals surface area contributed by atoms with Crippen LogP contribution in [0.25, 0.3) is 16.7 Å². The highest BCUT2D eigenvalue weighted by Gasteiger charge is 2.26. The van der Waals surface area contributed by atoms with E-state index < -0.39 is 0 Å². The van der Waals surface area contributed by atoms with Gasteiger partial charge in [0.05, 0.1) is 45.7 Å². The van der Waals surface area contributed by atoms with E-state index in [1.165, 1.54) is 0 Å². The van der Waals surface area contributed by atoms with E-state index in [2.05, 4.69) is 20.2 Å². The number of pyridine rings is 2. The molecule has 4 heterocycles. The van der Waals surface area contributed by atoms with Crippen molar-refractivity contribution in [3.8, 4) is 11.4 Å². The minimum Gasteiger partial charge on any atom is -0.488 e. The summed E-state index contributed by atoms with van der Waals surface area (Å²) in [6.45, 7) is 3.80. The number of amides is 1. The van der Waals surface area contributed by atoms with Crippen molar-refractivity contribution in [2.24, 2.45) is 5.92 Å². The van der Waals surface area contributed by atoms with Gasteiger partial charge in [-0.15, -0.1) is 0 Å². The van der Waals surface area contributed by atoms with Crippen LogP contribution < -0.4 is 20.6 Å². The molecule has 1 aromatic carbocycles. The first-order valence-corrected chi connectivity index (χ1v) is 13.7. The lowest BCUT2D eigenvalue weighted by atomic mass is 9.85. The number of hydrogen-bond acceptors (Lipinski definition) is 6. The Hall–Kier alpha value is -3.85. The van der Waals surface area contributed by atoms with Gasteiger partial charge in [-0.2, -0.15) is 0 Å². The summed E-state index contributed by atoms with van der Waals surface area (Å²) in [7, 11) is 1.99. The van der Waals surface area contributed by atoms with E-state index in [4.69, 9.17) is 16.3 Å². The first-order valence-electron chi connectivity index (χ1n) is 13.4. The van der Waals surface area contributed by atoms with E-state index in [1.807, 2.05) is 48.9 Å². The van der Waals surface area contributed by atoms with Gasteiger partial charge in [0, 0.05) is 31.9 Å². The van der Waals surface area contributed by atoms with Crippen LogP contribution in [0.15, 0.2) is 53.6 Å². The summed E-state index contributed by atoms with van der Waals surface area (Å²) in [5, 5.41) is 3.60. The number of hydrogen-bond donors (Lipinski definition) is 1. The second kappa shape index (κ2) is 10.4. The molecule has 10 heteroatoms. The second-order valence-corrected chi connectivity index (χ2v) is 10.9. The summed E-state index contributed by atoms with van der Waals surface area (Å²) < 4.78 is 9.46. The van der Waals surface area contributed by atoms with Crippen LogP contribution >= 0.6 is 11.6 Å². The number of fused-ring (bicyclic) bond motifs is 2. The van der Waals surface area contributed by atoms with Gasteiger partial charge in [-0.1, -0.05) is 23.7 Å². The van der Waals surface area contributed by atoms with E-state index >= 15 is 0 Å². The maximum absolute atomic E-state index is 13.8. The molecular weight excluding hydrogens is 516 g/mol. The smallest absolute Gasteiger partial charge is 0.333 e. The minimum absolute atomic E-state index is 0.0820. The number of aryl methyl sites for hydroxylation is 1. The molecule has 0 radical (unpaired) electrons. The maximum Gasteiger partial charge on any atom is 0.333 e. The lowest BCUT2D eigenvalue weighted by molar-refractivity contribution is 0.0919. The molecule has 1 aliphatic carbocycles. The number of imidazole rings is 1. The molecule has 0 spiro atoms. The quantitative estimate of drug-likeness (QED) is 0.400. The van der Waals surface area contributed by atoms with Crippen LogP contribution in [0.2, 0.25) is 5.02 Å². The Balaban J connectivity index is 1.20. The predicted molar refractivity (Wildman–Crippen MR) is 151 cm³/mol. The van der Waals surface area contributed by atoms with Crippen molar-refractivity contribution in [2.45, 2.75) is 45.2 Å². The van der Waals surface area contributed by atoms with Crippen molar-refractivity contribution < 1.29 is 9.53 Å². The third-order valence-corrected chi connectivity index (χ3v) is 8.09. The lowest BCUT2D eigenvalue weighted by Gasteiger charge is -2.29. The highest BCUT2D eigenvalue weighted by Crippen LogP contribution is 2.32. The fourth-order valence-electron chi connectivity index (χ4n) is 5.72. The van der Waals surface area contributed by atoms with Crippen LogP contribution in [0.5, 0.6) is 5.75 Å². The zero-order valence-electron chi connectivity index (χ0n) is 22.1. The van der Waals surface area contributed by atoms with Crippen molar-refractivity contribution >= 4 is 34.4 Å². The van der Waals surface area contributed by atoms with E-state index in [9.17, 15) is 9.59 Å². The highest BCUT2D eigenvalue weighted by molar-refractivity contribution is 6.30. The molecule has 9 nitrogen and oxygen atoms in total. The van der Waals surface area contributed by atoms with Gasteiger partial charge in [-0.05, 0) is 56.7 Å². The van der Waals surface area contributed by atoms with Gasteiger partial charge in [0.15, 0.2) is 11.6 Å². The fourth-order valence-corrected chi connectivity index (χ4v) is 5.88. The number of carbonyl (C=O) groups excluding carboxylic acids is 1. The topological polar surface area (TPSA) is 94.3 Å². The third-order valence-electron chi connectivity index (χ3n) is 7.88. The molecule has 1 N–H and O–H groups in total. The summed E-state index contributed by atoms with van der Waals surface area (Å²) in [6.07, 6.45) is 6.85. The number of carbonyl (C=O) groups is 1. The first kappa shape index (κ1) is 25.4. The Labute approximate surface area is 231 Å². The molecular formula is C29H31ClN6O3. The fraction of sp³-hybridized carbons (Fsp3) is 0.379. The number of rotatable bonds is 5. The molecule has 2 aliphatic rings. The van der Waals surface area contributed by atoms with E-state index in [1.54, 1.807) is 23.0 Å². The average Bonchev–Trinajstić information content (AvgIpc) is 3.22. The van der Waals surface area contributed by atoms with Crippen LogP contribution in [0.4, 0.5) is 5.82 Å². The monoisotopic (exact) mass is 546 g/mol. The van der Waals surface area contributed by atoms with Crippen molar-refractivity contribution in [3.05, 3.63) is 75.6 Å². The molecule has 202 valence electrons. The van der Waals surface area contributed by atoms with Crippen molar-refractivity contribution in [1.29, 1.82) is 0 Å². The number of nitrogens with one attached hydrogen (secondary N) is 1. The molecule has 1 amide bonds. The molecule has 1 saturated carbocycles. The molecule has 0 saturated heterocycles. The number of halogens is 1. The summed E-state index contributed by atoms with van der Waals surface area (Å²) in [6, 6.07) is 11.5. The Morgan fingerprint density at radius 1 is 1.10 bits per heavy atom. The predicted octanol–water partition coefficient (Wildman–Crippen LogP) is 4.36. The number of aromatic nitrogens is 4. The van der Waals surface area contributed by atoms with Crippen molar-refractivity contribution in [3.63, 3.8) is 0 Å². The lowest BCUT2D eigenvalue weighted by Crippen LogP contribution is -2.39. The van der Waals surface area contributed by atoms with Crippen LogP contribution in [-0.2, 0) is 6.54 Å². The van der Waals surface area contributed by atoms with E-state index in [-0.39, 0.29) is 17.6 Å². The van der Waals surface area contributed by atoms with Crippen LogP contribution in [0, 0.1) is 12.8 Å². The zero-order valence-corrected chi connectivity index (χ0v) is 22.8. The molecule has 1 aliphatic heterocycles.